The van der Waals surface area contributed by atoms with E-state index in [2.05, 4.69) is 10.4 Å². The van der Waals surface area contributed by atoms with Crippen LogP contribution in [0.5, 0.6) is 0 Å². The first kappa shape index (κ1) is 17.2. The Morgan fingerprint density at radius 3 is 2.96 bits per heavy atom. The number of ether oxygens (including phenoxy) is 1. The number of carbonyl (C=O) groups is 2. The van der Waals surface area contributed by atoms with Crippen molar-refractivity contribution in [2.24, 2.45) is 0 Å². The number of benzene rings is 1. The van der Waals surface area contributed by atoms with Crippen LogP contribution in [0.1, 0.15) is 27.7 Å². The molecule has 1 aromatic carbocycles. The molecule has 0 spiro atoms. The average molecular weight is 342 g/mol. The lowest BCUT2D eigenvalue weighted by atomic mass is 10.1. The summed E-state index contributed by atoms with van der Waals surface area (Å²) in [4.78, 5) is 26.3. The lowest BCUT2D eigenvalue weighted by molar-refractivity contribution is -0.124. The lowest BCUT2D eigenvalue weighted by Crippen LogP contribution is -2.45. The predicted molar refractivity (Wildman–Crippen MR) is 92.1 cm³/mol. The summed E-state index contributed by atoms with van der Waals surface area (Å²) < 4.78 is 6.71. The number of aromatic nitrogens is 2. The summed E-state index contributed by atoms with van der Waals surface area (Å²) >= 11 is 0. The van der Waals surface area contributed by atoms with Gasteiger partial charge in [0, 0.05) is 32.0 Å². The first-order valence-corrected chi connectivity index (χ1v) is 8.22. The molecule has 0 radical (unpaired) electrons. The van der Waals surface area contributed by atoms with Gasteiger partial charge in [0.25, 0.3) is 5.91 Å². The van der Waals surface area contributed by atoms with E-state index in [1.54, 1.807) is 11.1 Å². The average Bonchev–Trinajstić information content (AvgIpc) is 3.08. The highest BCUT2D eigenvalue weighted by Gasteiger charge is 2.29. The molecule has 0 unspecified atom stereocenters. The Morgan fingerprint density at radius 1 is 1.36 bits per heavy atom. The van der Waals surface area contributed by atoms with Crippen molar-refractivity contribution < 1.29 is 14.3 Å². The van der Waals surface area contributed by atoms with Crippen molar-refractivity contribution in [1.29, 1.82) is 0 Å². The van der Waals surface area contributed by atoms with Gasteiger partial charge in [-0.15, -0.1) is 0 Å². The quantitative estimate of drug-likeness (QED) is 0.884. The van der Waals surface area contributed by atoms with Gasteiger partial charge in [-0.05, 0) is 25.1 Å². The van der Waals surface area contributed by atoms with Gasteiger partial charge in [-0.25, -0.2) is 0 Å². The molecule has 1 N–H and O–H groups in total. The number of nitrogens with one attached hydrogen (secondary N) is 1. The largest absolute Gasteiger partial charge is 0.375 e. The fourth-order valence-corrected chi connectivity index (χ4v) is 3.07. The van der Waals surface area contributed by atoms with Gasteiger partial charge in [-0.2, -0.15) is 5.10 Å². The zero-order chi connectivity index (χ0) is 17.8. The van der Waals surface area contributed by atoms with Gasteiger partial charge in [0.05, 0.1) is 18.3 Å². The summed E-state index contributed by atoms with van der Waals surface area (Å²) in [7, 11) is 1.48. The maximum Gasteiger partial charge on any atom is 0.254 e. The van der Waals surface area contributed by atoms with Crippen LogP contribution in [0.2, 0.25) is 0 Å². The summed E-state index contributed by atoms with van der Waals surface area (Å²) in [6.07, 6.45) is 1.72. The van der Waals surface area contributed by atoms with E-state index in [4.69, 9.17) is 4.74 Å². The van der Waals surface area contributed by atoms with Gasteiger partial charge < -0.3 is 15.0 Å². The molecule has 2 aromatic rings. The second-order valence-corrected chi connectivity index (χ2v) is 6.21. The standard InChI is InChI=1S/C18H22N4O3/c1-13-4-3-5-14(8-13)18(24)21-10-15-6-7-20-22(15)16(11-21)9-19-17(23)12-25-2/h3-8,16H,9-12H2,1-2H3,(H,19,23)/t16-/m1/s1. The first-order valence-electron chi connectivity index (χ1n) is 8.22. The Bertz CT molecular complexity index is 771. The maximum absolute atomic E-state index is 12.9. The number of hydrogen-bond acceptors (Lipinski definition) is 4. The molecule has 0 fully saturated rings. The van der Waals surface area contributed by atoms with Crippen molar-refractivity contribution in [3.63, 3.8) is 0 Å². The van der Waals surface area contributed by atoms with Crippen LogP contribution in [0.15, 0.2) is 36.5 Å². The summed E-state index contributed by atoms with van der Waals surface area (Å²) in [6, 6.07) is 9.38. The number of carbonyl (C=O) groups excluding carboxylic acids is 2. The third-order valence-corrected chi connectivity index (χ3v) is 4.24. The van der Waals surface area contributed by atoms with E-state index in [1.165, 1.54) is 7.11 Å². The highest BCUT2D eigenvalue weighted by molar-refractivity contribution is 5.94. The Morgan fingerprint density at radius 2 is 2.20 bits per heavy atom. The summed E-state index contributed by atoms with van der Waals surface area (Å²) in [5, 5.41) is 7.17. The SMILES string of the molecule is COCC(=O)NC[C@@H]1CN(C(=O)c2cccc(C)c2)Cc2ccnn21. The van der Waals surface area contributed by atoms with Crippen molar-refractivity contribution in [3.05, 3.63) is 53.3 Å². The monoisotopic (exact) mass is 342 g/mol. The van der Waals surface area contributed by atoms with Crippen molar-refractivity contribution in [2.45, 2.75) is 19.5 Å². The molecule has 1 aliphatic rings. The molecule has 25 heavy (non-hydrogen) atoms. The van der Waals surface area contributed by atoms with Gasteiger partial charge >= 0.3 is 0 Å². The van der Waals surface area contributed by atoms with Crippen LogP contribution < -0.4 is 5.32 Å². The number of rotatable bonds is 5. The van der Waals surface area contributed by atoms with Crippen LogP contribution >= 0.6 is 0 Å². The number of amides is 2. The van der Waals surface area contributed by atoms with Gasteiger partial charge in [0.15, 0.2) is 0 Å². The van der Waals surface area contributed by atoms with Gasteiger partial charge in [0.2, 0.25) is 5.91 Å². The Hall–Kier alpha value is -2.67. The summed E-state index contributed by atoms with van der Waals surface area (Å²) in [5.41, 5.74) is 2.68. The van der Waals surface area contributed by atoms with Crippen molar-refractivity contribution in [2.75, 3.05) is 26.8 Å². The second kappa shape index (κ2) is 7.48. The zero-order valence-corrected chi connectivity index (χ0v) is 14.4. The van der Waals surface area contributed by atoms with E-state index >= 15 is 0 Å². The van der Waals surface area contributed by atoms with Crippen LogP contribution in [0.3, 0.4) is 0 Å². The van der Waals surface area contributed by atoms with E-state index in [9.17, 15) is 9.59 Å². The topological polar surface area (TPSA) is 76.5 Å². The molecule has 2 amide bonds. The van der Waals surface area contributed by atoms with Crippen LogP contribution in [-0.2, 0) is 16.1 Å². The van der Waals surface area contributed by atoms with E-state index in [1.807, 2.05) is 41.9 Å². The third-order valence-electron chi connectivity index (χ3n) is 4.24. The number of methoxy groups -OCH3 is 1. The van der Waals surface area contributed by atoms with E-state index < -0.39 is 0 Å². The number of aryl methyl sites for hydroxylation is 1. The Labute approximate surface area is 146 Å². The lowest BCUT2D eigenvalue weighted by Gasteiger charge is -2.34. The Kier molecular flexibility index (Phi) is 5.14. The molecule has 1 atom stereocenters. The molecule has 1 aromatic heterocycles. The van der Waals surface area contributed by atoms with Crippen molar-refractivity contribution in [3.8, 4) is 0 Å². The minimum Gasteiger partial charge on any atom is -0.375 e. The highest BCUT2D eigenvalue weighted by atomic mass is 16.5. The molecule has 3 rings (SSSR count). The van der Waals surface area contributed by atoms with Crippen LogP contribution in [0.25, 0.3) is 0 Å². The molecule has 1 aliphatic heterocycles. The molecule has 0 saturated carbocycles. The molecule has 0 saturated heterocycles. The maximum atomic E-state index is 12.9. The fourth-order valence-electron chi connectivity index (χ4n) is 3.07. The van der Waals surface area contributed by atoms with Crippen molar-refractivity contribution >= 4 is 11.8 Å². The van der Waals surface area contributed by atoms with E-state index in [0.29, 0.717) is 25.2 Å². The number of fused-ring (bicyclic) bond motifs is 1. The minimum absolute atomic E-state index is 0.00984. The predicted octanol–water partition coefficient (Wildman–Crippen LogP) is 1.15. The summed E-state index contributed by atoms with van der Waals surface area (Å²) in [5.74, 6) is -0.192. The smallest absolute Gasteiger partial charge is 0.254 e. The zero-order valence-electron chi connectivity index (χ0n) is 14.4. The van der Waals surface area contributed by atoms with Gasteiger partial charge in [0.1, 0.15) is 6.61 Å². The molecule has 132 valence electrons. The number of hydrogen-bond donors (Lipinski definition) is 1. The van der Waals surface area contributed by atoms with E-state index in [0.717, 1.165) is 11.3 Å². The second-order valence-electron chi connectivity index (χ2n) is 6.21. The molecule has 7 nitrogen and oxygen atoms in total. The molecule has 0 bridgehead atoms. The minimum atomic E-state index is -0.182. The first-order chi connectivity index (χ1) is 12.1. The normalized spacial score (nSPS) is 16.4. The molecular weight excluding hydrogens is 320 g/mol. The third kappa shape index (κ3) is 3.88. The van der Waals surface area contributed by atoms with E-state index in [-0.39, 0.29) is 24.5 Å². The molecule has 0 aliphatic carbocycles. The molecule has 7 heteroatoms. The van der Waals surface area contributed by atoms with Crippen molar-refractivity contribution in [1.82, 2.24) is 20.0 Å². The molecule has 2 heterocycles. The number of nitrogens with zero attached hydrogens (tertiary/aromatic N) is 3. The van der Waals surface area contributed by atoms with Gasteiger partial charge in [-0.1, -0.05) is 17.7 Å². The van der Waals surface area contributed by atoms with Gasteiger partial charge in [-0.3, -0.25) is 14.3 Å². The molecular formula is C18H22N4O3. The van der Waals surface area contributed by atoms with Crippen LogP contribution in [0, 0.1) is 6.92 Å². The highest BCUT2D eigenvalue weighted by Crippen LogP contribution is 2.22. The Balaban J connectivity index is 1.75. The van der Waals surface area contributed by atoms with Crippen LogP contribution in [-0.4, -0.2) is 53.3 Å². The van der Waals surface area contributed by atoms with Crippen LogP contribution in [0.4, 0.5) is 0 Å². The fraction of sp³-hybridized carbons (Fsp3) is 0.389. The summed E-state index contributed by atoms with van der Waals surface area (Å²) in [6.45, 7) is 3.39.